The lowest BCUT2D eigenvalue weighted by Crippen LogP contribution is -2.35. The Morgan fingerprint density at radius 1 is 1.00 bits per heavy atom. The van der Waals surface area contributed by atoms with Crippen molar-refractivity contribution in [2.75, 3.05) is 20.2 Å². The van der Waals surface area contributed by atoms with E-state index < -0.39 is 16.0 Å². The summed E-state index contributed by atoms with van der Waals surface area (Å²) < 4.78 is 37.9. The van der Waals surface area contributed by atoms with Gasteiger partial charge in [0.15, 0.2) is 11.5 Å². The van der Waals surface area contributed by atoms with E-state index in [1.165, 1.54) is 17.5 Å². The number of aryl methyl sites for hydroxylation is 1. The van der Waals surface area contributed by atoms with Crippen molar-refractivity contribution in [1.82, 2.24) is 4.31 Å². The maximum absolute atomic E-state index is 12.9. The Balaban J connectivity index is 1.90. The van der Waals surface area contributed by atoms with Crippen LogP contribution in [0.2, 0.25) is 0 Å². The molecule has 0 atom stereocenters. The molecule has 1 aliphatic rings. The van der Waals surface area contributed by atoms with Crippen LogP contribution in [0.4, 0.5) is 0 Å². The van der Waals surface area contributed by atoms with E-state index >= 15 is 0 Å². The standard InChI is InChI=1S/C20H23NO5S/c1-15-10-11-16(27(23,24)21-12-6-3-7-13-21)14-17(15)20(22)26-19-9-5-4-8-18(19)25-2/h4-5,8-11,14H,3,6-7,12-13H2,1-2H3. The number of hydrogen-bond acceptors (Lipinski definition) is 5. The Morgan fingerprint density at radius 3 is 2.33 bits per heavy atom. The summed E-state index contributed by atoms with van der Waals surface area (Å²) in [5.41, 5.74) is 0.867. The van der Waals surface area contributed by atoms with Gasteiger partial charge in [0.05, 0.1) is 17.6 Å². The minimum absolute atomic E-state index is 0.113. The minimum Gasteiger partial charge on any atom is -0.493 e. The molecule has 0 saturated carbocycles. The first-order valence-corrected chi connectivity index (χ1v) is 10.3. The lowest BCUT2D eigenvalue weighted by atomic mass is 10.1. The maximum atomic E-state index is 12.9. The van der Waals surface area contributed by atoms with E-state index in [2.05, 4.69) is 0 Å². The Morgan fingerprint density at radius 2 is 1.67 bits per heavy atom. The van der Waals surface area contributed by atoms with Crippen LogP contribution in [0.1, 0.15) is 35.2 Å². The van der Waals surface area contributed by atoms with Gasteiger partial charge in [-0.3, -0.25) is 0 Å². The van der Waals surface area contributed by atoms with E-state index in [1.807, 2.05) is 0 Å². The number of methoxy groups -OCH3 is 1. The van der Waals surface area contributed by atoms with Crippen molar-refractivity contribution in [2.24, 2.45) is 0 Å². The molecule has 6 nitrogen and oxygen atoms in total. The van der Waals surface area contributed by atoms with Crippen molar-refractivity contribution in [1.29, 1.82) is 0 Å². The molecule has 7 heteroatoms. The van der Waals surface area contributed by atoms with Crippen LogP contribution >= 0.6 is 0 Å². The third-order valence-electron chi connectivity index (χ3n) is 4.65. The van der Waals surface area contributed by atoms with Crippen LogP contribution < -0.4 is 9.47 Å². The number of sulfonamides is 1. The number of hydrogen-bond donors (Lipinski definition) is 0. The molecule has 1 saturated heterocycles. The van der Waals surface area contributed by atoms with E-state index in [1.54, 1.807) is 43.3 Å². The van der Waals surface area contributed by atoms with Crippen LogP contribution in [0.25, 0.3) is 0 Å². The van der Waals surface area contributed by atoms with E-state index in [0.29, 0.717) is 24.4 Å². The number of rotatable bonds is 5. The van der Waals surface area contributed by atoms with Crippen molar-refractivity contribution in [3.63, 3.8) is 0 Å². The number of esters is 1. The summed E-state index contributed by atoms with van der Waals surface area (Å²) in [7, 11) is -2.13. The molecule has 1 heterocycles. The highest BCUT2D eigenvalue weighted by Gasteiger charge is 2.27. The first-order chi connectivity index (χ1) is 12.9. The fourth-order valence-electron chi connectivity index (χ4n) is 3.09. The Kier molecular flexibility index (Phi) is 5.82. The highest BCUT2D eigenvalue weighted by Crippen LogP contribution is 2.28. The summed E-state index contributed by atoms with van der Waals surface area (Å²) in [6, 6.07) is 11.4. The van der Waals surface area contributed by atoms with Crippen LogP contribution in [0.3, 0.4) is 0 Å². The summed E-state index contributed by atoms with van der Waals surface area (Å²) in [5.74, 6) is 0.0991. The SMILES string of the molecule is COc1ccccc1OC(=O)c1cc(S(=O)(=O)N2CCCCC2)ccc1C. The molecule has 0 amide bonds. The normalized spacial score (nSPS) is 15.3. The molecule has 0 radical (unpaired) electrons. The molecule has 3 rings (SSSR count). The molecule has 0 spiro atoms. The lowest BCUT2D eigenvalue weighted by Gasteiger charge is -2.26. The molecule has 0 aromatic heterocycles. The monoisotopic (exact) mass is 389 g/mol. The summed E-state index contributed by atoms with van der Waals surface area (Å²) in [5, 5.41) is 0. The van der Waals surface area contributed by atoms with Gasteiger partial charge in [-0.15, -0.1) is 0 Å². The molecule has 27 heavy (non-hydrogen) atoms. The van der Waals surface area contributed by atoms with E-state index in [9.17, 15) is 13.2 Å². The maximum Gasteiger partial charge on any atom is 0.343 e. The van der Waals surface area contributed by atoms with Gasteiger partial charge in [-0.25, -0.2) is 13.2 Å². The number of carbonyl (C=O) groups is 1. The second-order valence-corrected chi connectivity index (χ2v) is 8.42. The van der Waals surface area contributed by atoms with Crippen molar-refractivity contribution in [2.45, 2.75) is 31.1 Å². The van der Waals surface area contributed by atoms with Gasteiger partial charge in [-0.05, 0) is 49.6 Å². The smallest absolute Gasteiger partial charge is 0.343 e. The predicted octanol–water partition coefficient (Wildman–Crippen LogP) is 3.40. The third kappa shape index (κ3) is 4.14. The van der Waals surface area contributed by atoms with Gasteiger partial charge in [0.2, 0.25) is 10.0 Å². The quantitative estimate of drug-likeness (QED) is 0.579. The molecule has 144 valence electrons. The van der Waals surface area contributed by atoms with Gasteiger partial charge in [0, 0.05) is 13.1 Å². The van der Waals surface area contributed by atoms with Gasteiger partial charge in [0.25, 0.3) is 0 Å². The van der Waals surface area contributed by atoms with E-state index in [4.69, 9.17) is 9.47 Å². The summed E-state index contributed by atoms with van der Waals surface area (Å²) in [6.45, 7) is 2.77. The summed E-state index contributed by atoms with van der Waals surface area (Å²) in [4.78, 5) is 12.8. The largest absolute Gasteiger partial charge is 0.493 e. The molecule has 2 aromatic rings. The molecule has 1 aliphatic heterocycles. The molecule has 1 fully saturated rings. The molecule has 0 bridgehead atoms. The number of nitrogens with zero attached hydrogens (tertiary/aromatic N) is 1. The van der Waals surface area contributed by atoms with Gasteiger partial charge in [-0.1, -0.05) is 24.6 Å². The first-order valence-electron chi connectivity index (χ1n) is 8.89. The Labute approximate surface area is 159 Å². The van der Waals surface area contributed by atoms with Crippen molar-refractivity contribution < 1.29 is 22.7 Å². The van der Waals surface area contributed by atoms with Gasteiger partial charge in [0.1, 0.15) is 0 Å². The van der Waals surface area contributed by atoms with Crippen molar-refractivity contribution in [3.05, 3.63) is 53.6 Å². The van der Waals surface area contributed by atoms with Crippen molar-refractivity contribution >= 4 is 16.0 Å². The van der Waals surface area contributed by atoms with Crippen LogP contribution in [0.15, 0.2) is 47.4 Å². The fraction of sp³-hybridized carbons (Fsp3) is 0.350. The second-order valence-electron chi connectivity index (χ2n) is 6.48. The Bertz CT molecular complexity index is 933. The zero-order chi connectivity index (χ0) is 19.4. The third-order valence-corrected chi connectivity index (χ3v) is 6.55. The highest BCUT2D eigenvalue weighted by molar-refractivity contribution is 7.89. The molecule has 0 N–H and O–H groups in total. The average molecular weight is 389 g/mol. The highest BCUT2D eigenvalue weighted by atomic mass is 32.2. The van der Waals surface area contributed by atoms with Crippen LogP contribution in [-0.2, 0) is 10.0 Å². The molecular formula is C20H23NO5S. The van der Waals surface area contributed by atoms with Crippen LogP contribution in [-0.4, -0.2) is 38.9 Å². The number of carbonyl (C=O) groups excluding carboxylic acids is 1. The lowest BCUT2D eigenvalue weighted by molar-refractivity contribution is 0.0728. The zero-order valence-corrected chi connectivity index (χ0v) is 16.3. The summed E-state index contributed by atoms with van der Waals surface area (Å²) >= 11 is 0. The van der Waals surface area contributed by atoms with E-state index in [0.717, 1.165) is 19.3 Å². The van der Waals surface area contributed by atoms with Crippen LogP contribution in [0, 0.1) is 6.92 Å². The molecule has 2 aromatic carbocycles. The van der Waals surface area contributed by atoms with Crippen molar-refractivity contribution in [3.8, 4) is 11.5 Å². The minimum atomic E-state index is -3.62. The number of para-hydroxylation sites is 2. The second kappa shape index (κ2) is 8.10. The molecule has 0 aliphatic carbocycles. The van der Waals surface area contributed by atoms with Gasteiger partial charge in [-0.2, -0.15) is 4.31 Å². The predicted molar refractivity (Wildman–Crippen MR) is 102 cm³/mol. The molecular weight excluding hydrogens is 366 g/mol. The zero-order valence-electron chi connectivity index (χ0n) is 15.5. The fourth-order valence-corrected chi connectivity index (χ4v) is 4.64. The first kappa shape index (κ1) is 19.4. The topological polar surface area (TPSA) is 72.9 Å². The number of benzene rings is 2. The Hall–Kier alpha value is -2.38. The van der Waals surface area contributed by atoms with E-state index in [-0.39, 0.29) is 16.2 Å². The average Bonchev–Trinajstić information content (AvgIpc) is 2.69. The van der Waals surface area contributed by atoms with Crippen LogP contribution in [0.5, 0.6) is 11.5 Å². The number of piperidine rings is 1. The van der Waals surface area contributed by atoms with Gasteiger partial charge >= 0.3 is 5.97 Å². The van der Waals surface area contributed by atoms with Gasteiger partial charge < -0.3 is 9.47 Å². The molecule has 0 unspecified atom stereocenters. The summed E-state index contributed by atoms with van der Waals surface area (Å²) in [6.07, 6.45) is 2.75. The number of ether oxygens (including phenoxy) is 2.